The van der Waals surface area contributed by atoms with Crippen molar-refractivity contribution in [2.75, 3.05) is 38.6 Å². The quantitative estimate of drug-likeness (QED) is 0.646. The zero-order valence-electron chi connectivity index (χ0n) is 17.6. The molecule has 0 unspecified atom stereocenters. The van der Waals surface area contributed by atoms with Gasteiger partial charge in [0.2, 0.25) is 0 Å². The van der Waals surface area contributed by atoms with Gasteiger partial charge in [0.1, 0.15) is 5.75 Å². The van der Waals surface area contributed by atoms with Crippen molar-refractivity contribution in [3.05, 3.63) is 82.0 Å². The van der Waals surface area contributed by atoms with E-state index in [9.17, 15) is 14.4 Å². The van der Waals surface area contributed by atoms with Crippen LogP contribution in [0.2, 0.25) is 0 Å². The minimum Gasteiger partial charge on any atom is -0.497 e. The van der Waals surface area contributed by atoms with E-state index >= 15 is 0 Å². The summed E-state index contributed by atoms with van der Waals surface area (Å²) in [6.45, 7) is 1.80. The molecule has 2 aromatic carbocycles. The van der Waals surface area contributed by atoms with Gasteiger partial charge in [0, 0.05) is 43.0 Å². The van der Waals surface area contributed by atoms with Crippen LogP contribution in [-0.4, -0.2) is 60.8 Å². The maximum atomic E-state index is 13.0. The van der Waals surface area contributed by atoms with Gasteiger partial charge in [0.25, 0.3) is 17.7 Å². The SMILES string of the molecule is COc1cccc(C(=O)N2CCN(C(=O)c3cccc(NC(=O)c4cccs4)c3)CC2)c1. The van der Waals surface area contributed by atoms with E-state index in [0.717, 1.165) is 0 Å². The average Bonchev–Trinajstić information content (AvgIpc) is 3.39. The lowest BCUT2D eigenvalue weighted by Crippen LogP contribution is -2.50. The van der Waals surface area contributed by atoms with Crippen molar-refractivity contribution >= 4 is 34.7 Å². The second kappa shape index (κ2) is 9.65. The molecule has 7 nitrogen and oxygen atoms in total. The van der Waals surface area contributed by atoms with Crippen LogP contribution in [0.3, 0.4) is 0 Å². The van der Waals surface area contributed by atoms with Gasteiger partial charge in [-0.1, -0.05) is 18.2 Å². The van der Waals surface area contributed by atoms with Crippen LogP contribution in [0.15, 0.2) is 66.0 Å². The number of hydrogen-bond acceptors (Lipinski definition) is 5. The molecule has 0 bridgehead atoms. The summed E-state index contributed by atoms with van der Waals surface area (Å²) in [5.41, 5.74) is 1.64. The molecule has 0 saturated carbocycles. The Bertz CT molecular complexity index is 1120. The van der Waals surface area contributed by atoms with Gasteiger partial charge in [-0.3, -0.25) is 14.4 Å². The number of hydrogen-bond donors (Lipinski definition) is 1. The Morgan fingerprint density at radius 3 is 2.06 bits per heavy atom. The van der Waals surface area contributed by atoms with E-state index in [1.165, 1.54) is 11.3 Å². The van der Waals surface area contributed by atoms with E-state index in [4.69, 9.17) is 4.74 Å². The highest BCUT2D eigenvalue weighted by atomic mass is 32.1. The second-order valence-electron chi connectivity index (χ2n) is 7.33. The van der Waals surface area contributed by atoms with Gasteiger partial charge in [-0.15, -0.1) is 11.3 Å². The summed E-state index contributed by atoms with van der Waals surface area (Å²) >= 11 is 1.36. The fraction of sp³-hybridized carbons (Fsp3) is 0.208. The lowest BCUT2D eigenvalue weighted by atomic mass is 10.1. The number of anilines is 1. The highest BCUT2D eigenvalue weighted by Gasteiger charge is 2.26. The van der Waals surface area contributed by atoms with Gasteiger partial charge in [0.05, 0.1) is 12.0 Å². The van der Waals surface area contributed by atoms with Gasteiger partial charge in [0.15, 0.2) is 0 Å². The first-order chi connectivity index (χ1) is 15.5. The lowest BCUT2D eigenvalue weighted by Gasteiger charge is -2.35. The van der Waals surface area contributed by atoms with Crippen LogP contribution in [0.4, 0.5) is 5.69 Å². The molecule has 1 N–H and O–H groups in total. The summed E-state index contributed by atoms with van der Waals surface area (Å²) in [4.78, 5) is 42.1. The van der Waals surface area contributed by atoms with Crippen LogP contribution in [0.5, 0.6) is 5.75 Å². The van der Waals surface area contributed by atoms with Crippen LogP contribution in [-0.2, 0) is 0 Å². The third-order valence-corrected chi connectivity index (χ3v) is 6.15. The molecule has 2 heterocycles. The Labute approximate surface area is 190 Å². The van der Waals surface area contributed by atoms with Crippen LogP contribution in [0.25, 0.3) is 0 Å². The summed E-state index contributed by atoms with van der Waals surface area (Å²) in [5, 5.41) is 4.67. The van der Waals surface area contributed by atoms with Crippen LogP contribution >= 0.6 is 11.3 Å². The molecule has 1 aliphatic rings. The average molecular weight is 450 g/mol. The standard InChI is InChI=1S/C24H23N3O4S/c1-31-20-8-3-6-18(16-20)24(30)27-12-10-26(11-13-27)23(29)17-5-2-7-19(15-17)25-22(28)21-9-4-14-32-21/h2-9,14-16H,10-13H2,1H3,(H,25,28). The van der Waals surface area contributed by atoms with Crippen molar-refractivity contribution in [3.8, 4) is 5.75 Å². The topological polar surface area (TPSA) is 79.0 Å². The van der Waals surface area contributed by atoms with E-state index in [2.05, 4.69) is 5.32 Å². The van der Waals surface area contributed by atoms with E-state index < -0.39 is 0 Å². The number of carbonyl (C=O) groups is 3. The van der Waals surface area contributed by atoms with Crippen molar-refractivity contribution in [1.29, 1.82) is 0 Å². The molecule has 0 radical (unpaired) electrons. The van der Waals surface area contributed by atoms with Crippen molar-refractivity contribution < 1.29 is 19.1 Å². The highest BCUT2D eigenvalue weighted by Crippen LogP contribution is 2.18. The minimum absolute atomic E-state index is 0.0747. The van der Waals surface area contributed by atoms with Crippen LogP contribution in [0.1, 0.15) is 30.4 Å². The number of nitrogens with zero attached hydrogens (tertiary/aromatic N) is 2. The second-order valence-corrected chi connectivity index (χ2v) is 8.28. The monoisotopic (exact) mass is 449 g/mol. The number of piperazine rings is 1. The first kappa shape index (κ1) is 21.6. The van der Waals surface area contributed by atoms with E-state index in [1.54, 1.807) is 71.5 Å². The summed E-state index contributed by atoms with van der Waals surface area (Å²) in [7, 11) is 1.57. The number of rotatable bonds is 5. The van der Waals surface area contributed by atoms with Crippen LogP contribution < -0.4 is 10.1 Å². The summed E-state index contributed by atoms with van der Waals surface area (Å²) < 4.78 is 5.20. The first-order valence-electron chi connectivity index (χ1n) is 10.2. The Balaban J connectivity index is 1.37. The maximum absolute atomic E-state index is 13.0. The van der Waals surface area contributed by atoms with Crippen molar-refractivity contribution in [1.82, 2.24) is 9.80 Å². The lowest BCUT2D eigenvalue weighted by molar-refractivity contribution is 0.0535. The predicted molar refractivity (Wildman–Crippen MR) is 124 cm³/mol. The normalized spacial score (nSPS) is 13.5. The molecule has 164 valence electrons. The number of carbonyl (C=O) groups excluding carboxylic acids is 3. The van der Waals surface area contributed by atoms with E-state index in [-0.39, 0.29) is 17.7 Å². The Morgan fingerprint density at radius 1 is 0.844 bits per heavy atom. The molecule has 3 aromatic rings. The van der Waals surface area contributed by atoms with Crippen molar-refractivity contribution in [2.24, 2.45) is 0 Å². The van der Waals surface area contributed by atoms with Crippen molar-refractivity contribution in [3.63, 3.8) is 0 Å². The highest BCUT2D eigenvalue weighted by molar-refractivity contribution is 7.12. The van der Waals surface area contributed by atoms with Crippen LogP contribution in [0, 0.1) is 0 Å². The molecule has 32 heavy (non-hydrogen) atoms. The van der Waals surface area contributed by atoms with E-state index in [1.807, 2.05) is 11.4 Å². The number of benzene rings is 2. The van der Waals surface area contributed by atoms with Gasteiger partial charge >= 0.3 is 0 Å². The molecule has 0 aliphatic carbocycles. The minimum atomic E-state index is -0.200. The molecule has 1 fully saturated rings. The van der Waals surface area contributed by atoms with Gasteiger partial charge in [-0.25, -0.2) is 0 Å². The third-order valence-electron chi connectivity index (χ3n) is 5.28. The molecule has 1 aromatic heterocycles. The number of thiophene rings is 1. The Morgan fingerprint density at radius 2 is 1.47 bits per heavy atom. The summed E-state index contributed by atoms with van der Waals surface area (Å²) in [6.07, 6.45) is 0. The Hall–Kier alpha value is -3.65. The number of methoxy groups -OCH3 is 1. The van der Waals surface area contributed by atoms with Gasteiger partial charge in [-0.2, -0.15) is 0 Å². The number of ether oxygens (including phenoxy) is 1. The molecular formula is C24H23N3O4S. The maximum Gasteiger partial charge on any atom is 0.265 e. The Kier molecular flexibility index (Phi) is 6.51. The summed E-state index contributed by atoms with van der Waals surface area (Å²) in [6, 6.07) is 17.6. The molecule has 8 heteroatoms. The van der Waals surface area contributed by atoms with Crippen molar-refractivity contribution in [2.45, 2.75) is 0 Å². The largest absolute Gasteiger partial charge is 0.497 e. The van der Waals surface area contributed by atoms with Gasteiger partial charge < -0.3 is 19.9 Å². The molecule has 1 saturated heterocycles. The molecule has 4 rings (SSSR count). The molecule has 3 amide bonds. The zero-order valence-corrected chi connectivity index (χ0v) is 18.4. The first-order valence-corrected chi connectivity index (χ1v) is 11.1. The molecule has 1 aliphatic heterocycles. The smallest absolute Gasteiger partial charge is 0.265 e. The predicted octanol–water partition coefficient (Wildman–Crippen LogP) is 3.61. The van der Waals surface area contributed by atoms with E-state index in [0.29, 0.717) is 53.6 Å². The molecular weight excluding hydrogens is 426 g/mol. The van der Waals surface area contributed by atoms with Gasteiger partial charge in [-0.05, 0) is 47.8 Å². The summed E-state index contributed by atoms with van der Waals surface area (Å²) in [5.74, 6) is 0.241. The zero-order chi connectivity index (χ0) is 22.5. The molecule has 0 atom stereocenters. The fourth-order valence-corrected chi connectivity index (χ4v) is 4.18. The fourth-order valence-electron chi connectivity index (χ4n) is 3.56. The number of amides is 3. The molecule has 0 spiro atoms. The third kappa shape index (κ3) is 4.81. The number of nitrogens with one attached hydrogen (secondary N) is 1.